The van der Waals surface area contributed by atoms with E-state index in [1.54, 1.807) is 7.11 Å². The van der Waals surface area contributed by atoms with Crippen molar-refractivity contribution in [2.75, 3.05) is 40.1 Å². The lowest BCUT2D eigenvalue weighted by molar-refractivity contribution is 0.0541. The standard InChI is InChI=1S/C14H22BrNO3/c1-3-16-11-12-5-4-6-13(15)14(12)19-10-9-18-8-7-17-2/h4-6,16H,3,7-11H2,1-2H3. The predicted octanol–water partition coefficient (Wildman–Crippen LogP) is 2.60. The first-order valence-electron chi connectivity index (χ1n) is 6.47. The topological polar surface area (TPSA) is 39.7 Å². The van der Waals surface area contributed by atoms with Gasteiger partial charge < -0.3 is 19.5 Å². The fourth-order valence-electron chi connectivity index (χ4n) is 1.56. The molecule has 1 N–H and O–H groups in total. The Balaban J connectivity index is 2.42. The van der Waals surface area contributed by atoms with Gasteiger partial charge in [-0.2, -0.15) is 0 Å². The highest BCUT2D eigenvalue weighted by molar-refractivity contribution is 9.10. The molecule has 0 saturated heterocycles. The summed E-state index contributed by atoms with van der Waals surface area (Å²) in [4.78, 5) is 0. The first-order chi connectivity index (χ1) is 9.29. The molecule has 0 radical (unpaired) electrons. The van der Waals surface area contributed by atoms with Gasteiger partial charge in [0.25, 0.3) is 0 Å². The second-order valence-corrected chi connectivity index (χ2v) is 4.82. The van der Waals surface area contributed by atoms with E-state index < -0.39 is 0 Å². The molecule has 4 nitrogen and oxygen atoms in total. The maximum absolute atomic E-state index is 5.79. The van der Waals surface area contributed by atoms with E-state index in [-0.39, 0.29) is 0 Å². The van der Waals surface area contributed by atoms with Crippen LogP contribution in [0.1, 0.15) is 12.5 Å². The molecule has 0 amide bonds. The Labute approximate surface area is 123 Å². The lowest BCUT2D eigenvalue weighted by Gasteiger charge is -2.13. The van der Waals surface area contributed by atoms with Gasteiger partial charge in [-0.1, -0.05) is 19.1 Å². The number of hydrogen-bond acceptors (Lipinski definition) is 4. The van der Waals surface area contributed by atoms with Crippen LogP contribution in [0.25, 0.3) is 0 Å². The van der Waals surface area contributed by atoms with Gasteiger partial charge >= 0.3 is 0 Å². The third kappa shape index (κ3) is 6.38. The molecule has 0 aromatic heterocycles. The minimum absolute atomic E-state index is 0.533. The number of benzene rings is 1. The van der Waals surface area contributed by atoms with Crippen LogP contribution in [0.5, 0.6) is 5.75 Å². The molecule has 0 aliphatic heterocycles. The van der Waals surface area contributed by atoms with Gasteiger partial charge in [0.05, 0.1) is 24.3 Å². The van der Waals surface area contributed by atoms with Crippen LogP contribution in [0, 0.1) is 0 Å². The first kappa shape index (κ1) is 16.4. The number of para-hydroxylation sites is 1. The highest BCUT2D eigenvalue weighted by Gasteiger charge is 2.07. The van der Waals surface area contributed by atoms with E-state index in [2.05, 4.69) is 34.2 Å². The van der Waals surface area contributed by atoms with Crippen molar-refractivity contribution in [1.29, 1.82) is 0 Å². The summed E-state index contributed by atoms with van der Waals surface area (Å²) in [6.45, 7) is 6.13. The highest BCUT2D eigenvalue weighted by Crippen LogP contribution is 2.28. The molecule has 0 fully saturated rings. The maximum atomic E-state index is 5.79. The lowest BCUT2D eigenvalue weighted by atomic mass is 10.2. The van der Waals surface area contributed by atoms with Crippen LogP contribution in [0.4, 0.5) is 0 Å². The molecule has 1 aromatic carbocycles. The van der Waals surface area contributed by atoms with Crippen LogP contribution in [0.15, 0.2) is 22.7 Å². The summed E-state index contributed by atoms with van der Waals surface area (Å²) in [5.41, 5.74) is 1.15. The average molecular weight is 332 g/mol. The van der Waals surface area contributed by atoms with Gasteiger partial charge in [-0.25, -0.2) is 0 Å². The second kappa shape index (κ2) is 10.2. The van der Waals surface area contributed by atoms with E-state index in [0.29, 0.717) is 26.4 Å². The Morgan fingerprint density at radius 3 is 2.68 bits per heavy atom. The minimum Gasteiger partial charge on any atom is -0.490 e. The van der Waals surface area contributed by atoms with Gasteiger partial charge in [-0.15, -0.1) is 0 Å². The zero-order valence-electron chi connectivity index (χ0n) is 11.6. The van der Waals surface area contributed by atoms with Gasteiger partial charge in [-0.3, -0.25) is 0 Å². The Kier molecular flexibility index (Phi) is 8.82. The lowest BCUT2D eigenvalue weighted by Crippen LogP contribution is -2.15. The summed E-state index contributed by atoms with van der Waals surface area (Å²) in [5, 5.41) is 3.30. The molecule has 0 bridgehead atoms. The van der Waals surface area contributed by atoms with Gasteiger partial charge in [0.1, 0.15) is 12.4 Å². The van der Waals surface area contributed by atoms with Crippen molar-refractivity contribution in [3.8, 4) is 5.75 Å². The fraction of sp³-hybridized carbons (Fsp3) is 0.571. The molecule has 1 rings (SSSR count). The molecule has 0 aliphatic carbocycles. The fourth-order valence-corrected chi connectivity index (χ4v) is 2.08. The summed E-state index contributed by atoms with van der Waals surface area (Å²) >= 11 is 3.52. The van der Waals surface area contributed by atoms with Crippen LogP contribution >= 0.6 is 15.9 Å². The number of halogens is 1. The average Bonchev–Trinajstić information content (AvgIpc) is 2.42. The molecule has 19 heavy (non-hydrogen) atoms. The molecule has 0 aliphatic rings. The largest absolute Gasteiger partial charge is 0.490 e. The van der Waals surface area contributed by atoms with E-state index in [9.17, 15) is 0 Å². The van der Waals surface area contributed by atoms with Gasteiger partial charge in [0.2, 0.25) is 0 Å². The smallest absolute Gasteiger partial charge is 0.138 e. The van der Waals surface area contributed by atoms with Crippen molar-refractivity contribution in [2.45, 2.75) is 13.5 Å². The van der Waals surface area contributed by atoms with E-state index in [1.165, 1.54) is 0 Å². The van der Waals surface area contributed by atoms with E-state index in [4.69, 9.17) is 14.2 Å². The van der Waals surface area contributed by atoms with Crippen molar-refractivity contribution in [2.24, 2.45) is 0 Å². The number of rotatable bonds is 10. The van der Waals surface area contributed by atoms with Crippen molar-refractivity contribution in [3.63, 3.8) is 0 Å². The molecule has 108 valence electrons. The predicted molar refractivity (Wildman–Crippen MR) is 79.7 cm³/mol. The summed E-state index contributed by atoms with van der Waals surface area (Å²) in [7, 11) is 1.66. The molecular formula is C14H22BrNO3. The molecular weight excluding hydrogens is 310 g/mol. The first-order valence-corrected chi connectivity index (χ1v) is 7.26. The third-order valence-electron chi connectivity index (χ3n) is 2.52. The normalized spacial score (nSPS) is 10.7. The van der Waals surface area contributed by atoms with Gasteiger partial charge in [-0.05, 0) is 28.5 Å². The summed E-state index contributed by atoms with van der Waals surface area (Å²) in [6, 6.07) is 6.06. The van der Waals surface area contributed by atoms with Crippen molar-refractivity contribution < 1.29 is 14.2 Å². The van der Waals surface area contributed by atoms with Crippen LogP contribution < -0.4 is 10.1 Å². The summed E-state index contributed by atoms with van der Waals surface area (Å²) in [5.74, 6) is 0.888. The Morgan fingerprint density at radius 1 is 1.16 bits per heavy atom. The van der Waals surface area contributed by atoms with Gasteiger partial charge in [0.15, 0.2) is 0 Å². The van der Waals surface area contributed by atoms with E-state index in [1.807, 2.05) is 12.1 Å². The number of nitrogens with one attached hydrogen (secondary N) is 1. The zero-order valence-corrected chi connectivity index (χ0v) is 13.2. The summed E-state index contributed by atoms with van der Waals surface area (Å²) < 4.78 is 17.0. The van der Waals surface area contributed by atoms with E-state index in [0.717, 1.165) is 28.9 Å². The number of methoxy groups -OCH3 is 1. The zero-order chi connectivity index (χ0) is 13.9. The van der Waals surface area contributed by atoms with Crippen LogP contribution in [-0.2, 0) is 16.0 Å². The van der Waals surface area contributed by atoms with Crippen molar-refractivity contribution in [3.05, 3.63) is 28.2 Å². The van der Waals surface area contributed by atoms with Crippen molar-refractivity contribution in [1.82, 2.24) is 5.32 Å². The van der Waals surface area contributed by atoms with E-state index >= 15 is 0 Å². The van der Waals surface area contributed by atoms with Crippen molar-refractivity contribution >= 4 is 15.9 Å². The number of hydrogen-bond donors (Lipinski definition) is 1. The second-order valence-electron chi connectivity index (χ2n) is 3.96. The quantitative estimate of drug-likeness (QED) is 0.669. The van der Waals surface area contributed by atoms with Gasteiger partial charge in [0, 0.05) is 19.2 Å². The Morgan fingerprint density at radius 2 is 1.95 bits per heavy atom. The van der Waals surface area contributed by atoms with Crippen LogP contribution in [-0.4, -0.2) is 40.1 Å². The third-order valence-corrected chi connectivity index (χ3v) is 3.14. The number of ether oxygens (including phenoxy) is 3. The molecule has 1 aromatic rings. The monoisotopic (exact) mass is 331 g/mol. The molecule has 0 heterocycles. The van der Waals surface area contributed by atoms with Crippen LogP contribution in [0.3, 0.4) is 0 Å². The molecule has 0 spiro atoms. The Bertz CT molecular complexity index is 361. The Hall–Kier alpha value is -0.620. The maximum Gasteiger partial charge on any atom is 0.138 e. The molecule has 0 atom stereocenters. The van der Waals surface area contributed by atoms with Crippen LogP contribution in [0.2, 0.25) is 0 Å². The summed E-state index contributed by atoms with van der Waals surface area (Å²) in [6.07, 6.45) is 0. The molecule has 0 saturated carbocycles. The SMILES string of the molecule is CCNCc1cccc(Br)c1OCCOCCOC. The highest BCUT2D eigenvalue weighted by atomic mass is 79.9. The minimum atomic E-state index is 0.533. The molecule has 0 unspecified atom stereocenters. The molecule has 5 heteroatoms.